The molecule has 2 aromatic rings. The Kier molecular flexibility index (Phi) is 5.76. The van der Waals surface area contributed by atoms with E-state index in [1.54, 1.807) is 16.7 Å². The molecule has 2 aliphatic heterocycles. The van der Waals surface area contributed by atoms with Crippen LogP contribution in [0.3, 0.4) is 0 Å². The maximum atomic E-state index is 13.1. The van der Waals surface area contributed by atoms with Crippen molar-refractivity contribution in [3.05, 3.63) is 69.1 Å². The van der Waals surface area contributed by atoms with Gasteiger partial charge in [0.2, 0.25) is 5.91 Å². The van der Waals surface area contributed by atoms with Gasteiger partial charge in [0.1, 0.15) is 0 Å². The van der Waals surface area contributed by atoms with Crippen molar-refractivity contribution in [2.75, 3.05) is 13.2 Å². The van der Waals surface area contributed by atoms with E-state index in [9.17, 15) is 14.7 Å². The Morgan fingerprint density at radius 2 is 2.07 bits per heavy atom. The molecule has 29 heavy (non-hydrogen) atoms. The molecular weight excluding hydrogens is 390 g/mol. The van der Waals surface area contributed by atoms with E-state index in [1.165, 1.54) is 0 Å². The van der Waals surface area contributed by atoms with Gasteiger partial charge in [-0.25, -0.2) is 0 Å². The molecule has 3 heterocycles. The molecule has 0 saturated carbocycles. The van der Waals surface area contributed by atoms with Crippen LogP contribution < -0.4 is 10.9 Å². The summed E-state index contributed by atoms with van der Waals surface area (Å²) in [7, 11) is 0. The lowest BCUT2D eigenvalue weighted by Crippen LogP contribution is -2.45. The number of nitrogens with zero attached hydrogens (tertiary/aromatic N) is 2. The zero-order valence-corrected chi connectivity index (χ0v) is 17.2. The van der Waals surface area contributed by atoms with E-state index in [1.807, 2.05) is 37.3 Å². The van der Waals surface area contributed by atoms with Crippen molar-refractivity contribution in [1.29, 1.82) is 0 Å². The number of rotatable bonds is 6. The summed E-state index contributed by atoms with van der Waals surface area (Å²) in [5.41, 5.74) is 1.82. The van der Waals surface area contributed by atoms with Crippen molar-refractivity contribution in [1.82, 2.24) is 14.8 Å². The molecular formula is C22H26ClN3O3. The lowest BCUT2D eigenvalue weighted by atomic mass is 9.86. The second-order valence-corrected chi connectivity index (χ2v) is 8.31. The van der Waals surface area contributed by atoms with Gasteiger partial charge in [-0.15, -0.1) is 0 Å². The van der Waals surface area contributed by atoms with E-state index in [0.29, 0.717) is 24.7 Å². The highest BCUT2D eigenvalue weighted by molar-refractivity contribution is 6.30. The minimum Gasteiger partial charge on any atom is -0.396 e. The summed E-state index contributed by atoms with van der Waals surface area (Å²) in [6, 6.07) is 12.5. The second-order valence-electron chi connectivity index (χ2n) is 7.88. The molecule has 7 heteroatoms. The van der Waals surface area contributed by atoms with Gasteiger partial charge in [0.25, 0.3) is 5.56 Å². The number of halogens is 1. The van der Waals surface area contributed by atoms with E-state index in [-0.39, 0.29) is 36.1 Å². The third kappa shape index (κ3) is 3.61. The zero-order chi connectivity index (χ0) is 20.5. The van der Waals surface area contributed by atoms with Crippen molar-refractivity contribution < 1.29 is 9.90 Å². The highest BCUT2D eigenvalue weighted by Crippen LogP contribution is 2.48. The summed E-state index contributed by atoms with van der Waals surface area (Å²) in [6.07, 6.45) is 0.846. The first kappa shape index (κ1) is 20.1. The molecule has 1 amide bonds. The van der Waals surface area contributed by atoms with Crippen LogP contribution in [0.5, 0.6) is 0 Å². The van der Waals surface area contributed by atoms with Crippen LogP contribution in [-0.4, -0.2) is 39.7 Å². The van der Waals surface area contributed by atoms with Crippen LogP contribution in [-0.2, 0) is 17.9 Å². The van der Waals surface area contributed by atoms with Gasteiger partial charge in [0, 0.05) is 55.0 Å². The molecule has 0 radical (unpaired) electrons. The van der Waals surface area contributed by atoms with Crippen LogP contribution >= 0.6 is 11.6 Å². The summed E-state index contributed by atoms with van der Waals surface area (Å²) >= 11 is 6.18. The number of aromatic nitrogens is 1. The Morgan fingerprint density at radius 3 is 2.79 bits per heavy atom. The molecule has 1 fully saturated rings. The molecule has 4 rings (SSSR count). The van der Waals surface area contributed by atoms with Gasteiger partial charge >= 0.3 is 0 Å². The first-order valence-corrected chi connectivity index (χ1v) is 10.5. The van der Waals surface area contributed by atoms with Gasteiger partial charge < -0.3 is 15.0 Å². The average molecular weight is 416 g/mol. The standard InChI is InChI=1S/C22H26ClN3O3/c1-2-9-24-22(29)20-16(13-27)18-12-25-17(7-4-8-19(25)28)21(20)26(18)11-14-5-3-6-15(23)10-14/h3-8,10,16,18,20-21,27H,2,9,11-13H2,1H3,(H,24,29)/t16-,18-,20+,21+/m1/s1. The molecule has 1 aromatic carbocycles. The average Bonchev–Trinajstić information content (AvgIpc) is 2.91. The fourth-order valence-corrected chi connectivity index (χ4v) is 5.12. The third-order valence-electron chi connectivity index (χ3n) is 6.15. The molecule has 2 aliphatic rings. The number of benzene rings is 1. The lowest BCUT2D eigenvalue weighted by Gasteiger charge is -2.38. The first-order valence-electron chi connectivity index (χ1n) is 10.1. The van der Waals surface area contributed by atoms with Gasteiger partial charge in [-0.2, -0.15) is 0 Å². The Morgan fingerprint density at radius 1 is 1.28 bits per heavy atom. The Labute approximate surface area is 175 Å². The Bertz CT molecular complexity index is 960. The highest BCUT2D eigenvalue weighted by Gasteiger charge is 2.55. The normalized spacial score (nSPS) is 25.6. The lowest BCUT2D eigenvalue weighted by molar-refractivity contribution is -0.127. The van der Waals surface area contributed by atoms with E-state index >= 15 is 0 Å². The number of hydrogen-bond donors (Lipinski definition) is 2. The van der Waals surface area contributed by atoms with E-state index in [4.69, 9.17) is 11.6 Å². The summed E-state index contributed by atoms with van der Waals surface area (Å²) in [5, 5.41) is 13.9. The number of pyridine rings is 1. The monoisotopic (exact) mass is 415 g/mol. The first-order chi connectivity index (χ1) is 14.0. The van der Waals surface area contributed by atoms with Crippen LogP contribution in [0.25, 0.3) is 0 Å². The fourth-order valence-electron chi connectivity index (χ4n) is 4.90. The maximum Gasteiger partial charge on any atom is 0.250 e. The number of fused-ring (bicyclic) bond motifs is 4. The molecule has 0 aliphatic carbocycles. The van der Waals surface area contributed by atoms with Crippen LogP contribution in [0.4, 0.5) is 0 Å². The minimum atomic E-state index is -0.411. The number of carbonyl (C=O) groups is 1. The van der Waals surface area contributed by atoms with Crippen LogP contribution in [0.15, 0.2) is 47.3 Å². The van der Waals surface area contributed by atoms with Crippen LogP contribution in [0, 0.1) is 11.8 Å². The second kappa shape index (κ2) is 8.30. The Balaban J connectivity index is 1.77. The van der Waals surface area contributed by atoms with E-state index < -0.39 is 5.92 Å². The highest BCUT2D eigenvalue weighted by atomic mass is 35.5. The molecule has 154 valence electrons. The van der Waals surface area contributed by atoms with Crippen molar-refractivity contribution in [3.8, 4) is 0 Å². The summed E-state index contributed by atoms with van der Waals surface area (Å²) in [6.45, 7) is 3.58. The smallest absolute Gasteiger partial charge is 0.250 e. The van der Waals surface area contributed by atoms with Crippen molar-refractivity contribution in [2.24, 2.45) is 11.8 Å². The predicted octanol–water partition coefficient (Wildman–Crippen LogP) is 2.19. The number of hydrogen-bond acceptors (Lipinski definition) is 4. The minimum absolute atomic E-state index is 0.0563. The van der Waals surface area contributed by atoms with Gasteiger partial charge in [0.05, 0.1) is 12.0 Å². The molecule has 0 unspecified atom stereocenters. The number of amides is 1. The largest absolute Gasteiger partial charge is 0.396 e. The van der Waals surface area contributed by atoms with Crippen molar-refractivity contribution >= 4 is 17.5 Å². The number of aliphatic hydroxyl groups is 1. The molecule has 1 saturated heterocycles. The quantitative estimate of drug-likeness (QED) is 0.758. The van der Waals surface area contributed by atoms with Crippen molar-refractivity contribution in [3.63, 3.8) is 0 Å². The zero-order valence-electron chi connectivity index (χ0n) is 16.4. The number of nitrogens with one attached hydrogen (secondary N) is 1. The van der Waals surface area contributed by atoms with E-state index in [0.717, 1.165) is 17.7 Å². The Hall–Kier alpha value is -2.15. The number of carbonyl (C=O) groups excluding carboxylic acids is 1. The SMILES string of the molecule is CCCNC(=O)[C@H]1[C@H](CO)[C@H]2Cn3c(cccc3=O)[C@@H]1N2Cc1cccc(Cl)c1. The van der Waals surface area contributed by atoms with Crippen LogP contribution in [0.1, 0.15) is 30.6 Å². The van der Waals surface area contributed by atoms with Gasteiger partial charge in [0.15, 0.2) is 0 Å². The summed E-state index contributed by atoms with van der Waals surface area (Å²) < 4.78 is 1.76. The van der Waals surface area contributed by atoms with Gasteiger partial charge in [-0.1, -0.05) is 36.7 Å². The number of aliphatic hydroxyl groups excluding tert-OH is 1. The topological polar surface area (TPSA) is 74.6 Å². The molecule has 2 N–H and O–H groups in total. The summed E-state index contributed by atoms with van der Waals surface area (Å²) in [4.78, 5) is 27.9. The van der Waals surface area contributed by atoms with Crippen molar-refractivity contribution in [2.45, 2.75) is 38.5 Å². The molecule has 0 spiro atoms. The molecule has 2 bridgehead atoms. The molecule has 1 aromatic heterocycles. The van der Waals surface area contributed by atoms with Crippen LogP contribution in [0.2, 0.25) is 5.02 Å². The maximum absolute atomic E-state index is 13.1. The van der Waals surface area contributed by atoms with E-state index in [2.05, 4.69) is 10.2 Å². The summed E-state index contributed by atoms with van der Waals surface area (Å²) in [5.74, 6) is -0.708. The predicted molar refractivity (Wildman–Crippen MR) is 112 cm³/mol. The third-order valence-corrected chi connectivity index (χ3v) is 6.39. The van der Waals surface area contributed by atoms with Gasteiger partial charge in [-0.05, 0) is 30.2 Å². The fraction of sp³-hybridized carbons (Fsp3) is 0.455. The molecule has 6 nitrogen and oxygen atoms in total. The van der Waals surface area contributed by atoms with Gasteiger partial charge in [-0.3, -0.25) is 14.5 Å². The molecule has 4 atom stereocenters.